The molecule has 3 heteroatoms. The van der Waals surface area contributed by atoms with Crippen molar-refractivity contribution in [2.75, 3.05) is 19.8 Å². The molecule has 16 heavy (non-hydrogen) atoms. The van der Waals surface area contributed by atoms with E-state index in [9.17, 15) is 5.11 Å². The van der Waals surface area contributed by atoms with Crippen LogP contribution in [0.25, 0.3) is 0 Å². The van der Waals surface area contributed by atoms with Gasteiger partial charge in [-0.3, -0.25) is 0 Å². The molecule has 2 heterocycles. The lowest BCUT2D eigenvalue weighted by atomic mass is 9.89. The second kappa shape index (κ2) is 3.75. The Balaban J connectivity index is 2.06. The largest absolute Gasteiger partial charge is 0.493 e. The molecule has 0 saturated carbocycles. The van der Waals surface area contributed by atoms with Crippen LogP contribution < -0.4 is 4.74 Å². The second-order valence-corrected chi connectivity index (χ2v) is 4.58. The number of aryl methyl sites for hydroxylation is 1. The van der Waals surface area contributed by atoms with Gasteiger partial charge in [-0.25, -0.2) is 0 Å². The van der Waals surface area contributed by atoms with Gasteiger partial charge in [0.05, 0.1) is 13.2 Å². The number of para-hydroxylation sites is 1. The topological polar surface area (TPSA) is 38.7 Å². The van der Waals surface area contributed by atoms with E-state index in [1.165, 1.54) is 5.56 Å². The molecular weight excluding hydrogens is 204 g/mol. The first-order chi connectivity index (χ1) is 7.80. The van der Waals surface area contributed by atoms with Gasteiger partial charge in [0.1, 0.15) is 11.4 Å². The van der Waals surface area contributed by atoms with E-state index in [-0.39, 0.29) is 0 Å². The summed E-state index contributed by atoms with van der Waals surface area (Å²) in [5, 5.41) is 10.5. The first-order valence-electron chi connectivity index (χ1n) is 5.85. The summed E-state index contributed by atoms with van der Waals surface area (Å²) >= 11 is 0. The first kappa shape index (κ1) is 10.1. The van der Waals surface area contributed by atoms with Gasteiger partial charge in [0.25, 0.3) is 0 Å². The van der Waals surface area contributed by atoms with Crippen LogP contribution in [-0.2, 0) is 16.8 Å². The van der Waals surface area contributed by atoms with E-state index < -0.39 is 5.60 Å². The van der Waals surface area contributed by atoms with Crippen molar-refractivity contribution in [3.8, 4) is 5.75 Å². The zero-order valence-electron chi connectivity index (χ0n) is 9.24. The lowest BCUT2D eigenvalue weighted by Crippen LogP contribution is -2.27. The fourth-order valence-electron chi connectivity index (χ4n) is 2.52. The minimum absolute atomic E-state index is 0.382. The normalized spacial score (nSPS) is 28.6. The average Bonchev–Trinajstić information content (AvgIpc) is 2.77. The Morgan fingerprint density at radius 3 is 3.00 bits per heavy atom. The Morgan fingerprint density at radius 1 is 1.25 bits per heavy atom. The van der Waals surface area contributed by atoms with E-state index in [0.717, 1.165) is 30.8 Å². The molecule has 0 aromatic heterocycles. The summed E-state index contributed by atoms with van der Waals surface area (Å²) in [5.74, 6) is 0.891. The van der Waals surface area contributed by atoms with Gasteiger partial charge in [-0.15, -0.1) is 0 Å². The summed E-state index contributed by atoms with van der Waals surface area (Å²) in [5.41, 5.74) is 1.27. The van der Waals surface area contributed by atoms with Crippen molar-refractivity contribution >= 4 is 0 Å². The molecule has 1 aromatic carbocycles. The molecule has 1 aromatic rings. The third-order valence-corrected chi connectivity index (χ3v) is 3.44. The Bertz CT molecular complexity index is 394. The molecule has 0 bridgehead atoms. The molecule has 0 spiro atoms. The molecule has 1 unspecified atom stereocenters. The van der Waals surface area contributed by atoms with Crippen LogP contribution in [0.1, 0.15) is 24.0 Å². The van der Waals surface area contributed by atoms with Gasteiger partial charge in [-0.05, 0) is 18.4 Å². The van der Waals surface area contributed by atoms with Crippen molar-refractivity contribution in [3.63, 3.8) is 0 Å². The smallest absolute Gasteiger partial charge is 0.128 e. The van der Waals surface area contributed by atoms with Crippen molar-refractivity contribution in [3.05, 3.63) is 29.3 Å². The summed E-state index contributed by atoms with van der Waals surface area (Å²) < 4.78 is 11.0. The van der Waals surface area contributed by atoms with E-state index in [4.69, 9.17) is 9.47 Å². The molecule has 86 valence electrons. The third kappa shape index (κ3) is 1.51. The highest BCUT2D eigenvalue weighted by atomic mass is 16.5. The zero-order chi connectivity index (χ0) is 11.0. The van der Waals surface area contributed by atoms with E-state index >= 15 is 0 Å². The summed E-state index contributed by atoms with van der Waals surface area (Å²) in [6.07, 6.45) is 2.76. The predicted molar refractivity (Wildman–Crippen MR) is 59.6 cm³/mol. The number of rotatable bonds is 1. The quantitative estimate of drug-likeness (QED) is 0.781. The van der Waals surface area contributed by atoms with Crippen LogP contribution in [0.3, 0.4) is 0 Å². The van der Waals surface area contributed by atoms with Crippen LogP contribution in [0, 0.1) is 0 Å². The standard InChI is InChI=1S/C13H16O3/c14-13(6-8-15-9-13)11-5-1-3-10-4-2-7-16-12(10)11/h1,3,5,14H,2,4,6-9H2. The molecule has 1 N–H and O–H groups in total. The second-order valence-electron chi connectivity index (χ2n) is 4.58. The highest BCUT2D eigenvalue weighted by Gasteiger charge is 2.37. The highest BCUT2D eigenvalue weighted by Crippen LogP contribution is 2.39. The van der Waals surface area contributed by atoms with Crippen LogP contribution in [0.5, 0.6) is 5.75 Å². The van der Waals surface area contributed by atoms with Gasteiger partial charge in [-0.1, -0.05) is 18.2 Å². The van der Waals surface area contributed by atoms with Gasteiger partial charge in [0.15, 0.2) is 0 Å². The minimum atomic E-state index is -0.845. The molecule has 1 atom stereocenters. The van der Waals surface area contributed by atoms with Crippen molar-refractivity contribution in [1.82, 2.24) is 0 Å². The zero-order valence-corrected chi connectivity index (χ0v) is 9.24. The summed E-state index contributed by atoms with van der Waals surface area (Å²) in [6, 6.07) is 6.04. The number of benzene rings is 1. The lowest BCUT2D eigenvalue weighted by molar-refractivity contribution is 0.0202. The number of hydrogen-bond donors (Lipinski definition) is 1. The molecule has 0 aliphatic carbocycles. The minimum Gasteiger partial charge on any atom is -0.493 e. The average molecular weight is 220 g/mol. The van der Waals surface area contributed by atoms with Crippen molar-refractivity contribution in [2.45, 2.75) is 24.9 Å². The lowest BCUT2D eigenvalue weighted by Gasteiger charge is -2.27. The van der Waals surface area contributed by atoms with Gasteiger partial charge >= 0.3 is 0 Å². The Kier molecular flexibility index (Phi) is 2.37. The molecule has 2 aliphatic rings. The molecular formula is C13H16O3. The van der Waals surface area contributed by atoms with E-state index in [1.807, 2.05) is 12.1 Å². The summed E-state index contributed by atoms with van der Waals surface area (Å²) in [4.78, 5) is 0. The maximum absolute atomic E-state index is 10.5. The molecule has 3 rings (SSSR count). The summed E-state index contributed by atoms with van der Waals surface area (Å²) in [6.45, 7) is 1.76. The number of fused-ring (bicyclic) bond motifs is 1. The monoisotopic (exact) mass is 220 g/mol. The Morgan fingerprint density at radius 2 is 2.19 bits per heavy atom. The molecule has 2 aliphatic heterocycles. The SMILES string of the molecule is OC1(c2cccc3c2OCCC3)CCOC1. The van der Waals surface area contributed by atoms with Crippen molar-refractivity contribution < 1.29 is 14.6 Å². The van der Waals surface area contributed by atoms with Gasteiger partial charge in [-0.2, -0.15) is 0 Å². The van der Waals surface area contributed by atoms with Crippen LogP contribution in [0.2, 0.25) is 0 Å². The van der Waals surface area contributed by atoms with Crippen molar-refractivity contribution in [1.29, 1.82) is 0 Å². The van der Waals surface area contributed by atoms with Crippen LogP contribution >= 0.6 is 0 Å². The maximum atomic E-state index is 10.5. The fourth-order valence-corrected chi connectivity index (χ4v) is 2.52. The molecule has 0 radical (unpaired) electrons. The Hall–Kier alpha value is -1.06. The van der Waals surface area contributed by atoms with Crippen LogP contribution in [-0.4, -0.2) is 24.9 Å². The fraction of sp³-hybridized carbons (Fsp3) is 0.538. The highest BCUT2D eigenvalue weighted by molar-refractivity contribution is 5.46. The van der Waals surface area contributed by atoms with Gasteiger partial charge < -0.3 is 14.6 Å². The van der Waals surface area contributed by atoms with Crippen LogP contribution in [0.15, 0.2) is 18.2 Å². The van der Waals surface area contributed by atoms with E-state index in [0.29, 0.717) is 19.6 Å². The molecule has 1 fully saturated rings. The van der Waals surface area contributed by atoms with Crippen molar-refractivity contribution in [2.24, 2.45) is 0 Å². The number of aliphatic hydroxyl groups is 1. The maximum Gasteiger partial charge on any atom is 0.128 e. The van der Waals surface area contributed by atoms with Gasteiger partial charge in [0, 0.05) is 18.6 Å². The molecule has 0 amide bonds. The number of hydrogen-bond acceptors (Lipinski definition) is 3. The third-order valence-electron chi connectivity index (χ3n) is 3.44. The van der Waals surface area contributed by atoms with E-state index in [1.54, 1.807) is 0 Å². The first-order valence-corrected chi connectivity index (χ1v) is 5.85. The molecule has 1 saturated heterocycles. The molecule has 3 nitrogen and oxygen atoms in total. The summed E-state index contributed by atoms with van der Waals surface area (Å²) in [7, 11) is 0. The Labute approximate surface area is 95.0 Å². The van der Waals surface area contributed by atoms with E-state index in [2.05, 4.69) is 6.07 Å². The van der Waals surface area contributed by atoms with Gasteiger partial charge in [0.2, 0.25) is 0 Å². The van der Waals surface area contributed by atoms with Crippen LogP contribution in [0.4, 0.5) is 0 Å². The number of ether oxygens (including phenoxy) is 2. The predicted octanol–water partition coefficient (Wildman–Crippen LogP) is 1.62.